The molecule has 4 heteroatoms. The molecular weight excluding hydrogens is 202 g/mol. The van der Waals surface area contributed by atoms with Crippen LogP contribution in [0.3, 0.4) is 0 Å². The number of nitrogens with zero attached hydrogens (tertiary/aromatic N) is 2. The van der Waals surface area contributed by atoms with Crippen molar-refractivity contribution in [1.82, 2.24) is 14.9 Å². The molecule has 0 atom stereocenters. The van der Waals surface area contributed by atoms with Gasteiger partial charge in [0.15, 0.2) is 0 Å². The fraction of sp³-hybridized carbons (Fsp3) is 0.667. The standard InChI is InChI=1S/C12H21N3O/c1-9(2)8-13-5-6-15-11(4)7-10(3)14-12(15)16/h7,9,13H,5-6,8H2,1-4H3. The molecule has 0 aromatic carbocycles. The van der Waals surface area contributed by atoms with Gasteiger partial charge >= 0.3 is 5.69 Å². The van der Waals surface area contributed by atoms with Gasteiger partial charge in [0.25, 0.3) is 0 Å². The van der Waals surface area contributed by atoms with Crippen LogP contribution in [-0.4, -0.2) is 22.6 Å². The largest absolute Gasteiger partial charge is 0.347 e. The smallest absolute Gasteiger partial charge is 0.315 e. The van der Waals surface area contributed by atoms with Crippen molar-refractivity contribution in [3.63, 3.8) is 0 Å². The molecule has 1 aromatic heterocycles. The summed E-state index contributed by atoms with van der Waals surface area (Å²) in [5, 5.41) is 3.31. The van der Waals surface area contributed by atoms with Crippen LogP contribution in [0.5, 0.6) is 0 Å². The molecule has 1 N–H and O–H groups in total. The van der Waals surface area contributed by atoms with Crippen LogP contribution in [-0.2, 0) is 6.54 Å². The highest BCUT2D eigenvalue weighted by molar-refractivity contribution is 5.06. The molecule has 0 unspecified atom stereocenters. The Morgan fingerprint density at radius 3 is 2.69 bits per heavy atom. The van der Waals surface area contributed by atoms with Gasteiger partial charge < -0.3 is 5.32 Å². The summed E-state index contributed by atoms with van der Waals surface area (Å²) < 4.78 is 1.71. The van der Waals surface area contributed by atoms with Gasteiger partial charge in [0.2, 0.25) is 0 Å². The maximum atomic E-state index is 11.6. The van der Waals surface area contributed by atoms with Crippen LogP contribution in [0.4, 0.5) is 0 Å². The molecule has 1 rings (SSSR count). The number of hydrogen-bond acceptors (Lipinski definition) is 3. The summed E-state index contributed by atoms with van der Waals surface area (Å²) in [6.07, 6.45) is 0. The summed E-state index contributed by atoms with van der Waals surface area (Å²) in [6.45, 7) is 10.6. The Morgan fingerprint density at radius 1 is 1.44 bits per heavy atom. The van der Waals surface area contributed by atoms with Gasteiger partial charge in [0.05, 0.1) is 0 Å². The molecule has 1 heterocycles. The molecule has 0 saturated heterocycles. The fourth-order valence-electron chi connectivity index (χ4n) is 1.63. The lowest BCUT2D eigenvalue weighted by Crippen LogP contribution is -2.31. The van der Waals surface area contributed by atoms with E-state index in [0.29, 0.717) is 12.5 Å². The van der Waals surface area contributed by atoms with Crippen molar-refractivity contribution in [3.8, 4) is 0 Å². The minimum absolute atomic E-state index is 0.149. The Kier molecular flexibility index (Phi) is 4.68. The van der Waals surface area contributed by atoms with Gasteiger partial charge in [0.1, 0.15) is 0 Å². The van der Waals surface area contributed by atoms with Crippen LogP contribution in [0, 0.1) is 19.8 Å². The maximum Gasteiger partial charge on any atom is 0.347 e. The number of hydrogen-bond donors (Lipinski definition) is 1. The number of nitrogens with one attached hydrogen (secondary N) is 1. The zero-order valence-corrected chi connectivity index (χ0v) is 10.6. The molecule has 0 saturated carbocycles. The maximum absolute atomic E-state index is 11.6. The first-order valence-electron chi connectivity index (χ1n) is 5.76. The van der Waals surface area contributed by atoms with E-state index < -0.39 is 0 Å². The second-order valence-corrected chi connectivity index (χ2v) is 4.57. The molecule has 0 aliphatic carbocycles. The lowest BCUT2D eigenvalue weighted by atomic mass is 10.2. The third-order valence-corrected chi connectivity index (χ3v) is 2.41. The van der Waals surface area contributed by atoms with Gasteiger partial charge in [-0.15, -0.1) is 0 Å². The van der Waals surface area contributed by atoms with E-state index in [2.05, 4.69) is 24.1 Å². The second-order valence-electron chi connectivity index (χ2n) is 4.57. The molecule has 0 amide bonds. The van der Waals surface area contributed by atoms with Crippen molar-refractivity contribution >= 4 is 0 Å². The molecule has 16 heavy (non-hydrogen) atoms. The predicted octanol–water partition coefficient (Wildman–Crippen LogP) is 1.11. The monoisotopic (exact) mass is 223 g/mol. The molecule has 4 nitrogen and oxygen atoms in total. The van der Waals surface area contributed by atoms with Gasteiger partial charge in [-0.3, -0.25) is 4.57 Å². The highest BCUT2D eigenvalue weighted by Gasteiger charge is 2.02. The van der Waals surface area contributed by atoms with Crippen LogP contribution in [0.15, 0.2) is 10.9 Å². The minimum atomic E-state index is -0.149. The molecule has 0 aliphatic rings. The van der Waals surface area contributed by atoms with Crippen molar-refractivity contribution in [2.24, 2.45) is 5.92 Å². The van der Waals surface area contributed by atoms with Crippen molar-refractivity contribution in [3.05, 3.63) is 27.9 Å². The van der Waals surface area contributed by atoms with E-state index in [0.717, 1.165) is 24.5 Å². The average Bonchev–Trinajstić information content (AvgIpc) is 2.14. The molecule has 1 aromatic rings. The first-order valence-corrected chi connectivity index (χ1v) is 5.76. The summed E-state index contributed by atoms with van der Waals surface area (Å²) >= 11 is 0. The Hall–Kier alpha value is -1.16. The molecule has 0 radical (unpaired) electrons. The van der Waals surface area contributed by atoms with Gasteiger partial charge in [-0.1, -0.05) is 13.8 Å². The lowest BCUT2D eigenvalue weighted by Gasteiger charge is -2.11. The van der Waals surface area contributed by atoms with E-state index in [1.54, 1.807) is 4.57 Å². The average molecular weight is 223 g/mol. The van der Waals surface area contributed by atoms with Gasteiger partial charge in [0, 0.05) is 24.5 Å². The summed E-state index contributed by atoms with van der Waals surface area (Å²) in [4.78, 5) is 15.5. The van der Waals surface area contributed by atoms with E-state index >= 15 is 0 Å². The van der Waals surface area contributed by atoms with E-state index in [1.807, 2.05) is 19.9 Å². The first-order chi connectivity index (χ1) is 7.50. The van der Waals surface area contributed by atoms with Crippen LogP contribution in [0.25, 0.3) is 0 Å². The highest BCUT2D eigenvalue weighted by atomic mass is 16.1. The summed E-state index contributed by atoms with van der Waals surface area (Å²) in [5.41, 5.74) is 1.61. The zero-order chi connectivity index (χ0) is 12.1. The molecule has 0 bridgehead atoms. The second kappa shape index (κ2) is 5.80. The fourth-order valence-corrected chi connectivity index (χ4v) is 1.63. The van der Waals surface area contributed by atoms with E-state index in [4.69, 9.17) is 0 Å². The Bertz CT molecular complexity index is 396. The SMILES string of the molecule is Cc1cc(C)n(CCNCC(C)C)c(=O)n1. The predicted molar refractivity (Wildman–Crippen MR) is 65.7 cm³/mol. The first kappa shape index (κ1) is 12.9. The van der Waals surface area contributed by atoms with Crippen molar-refractivity contribution < 1.29 is 0 Å². The van der Waals surface area contributed by atoms with Crippen LogP contribution < -0.4 is 11.0 Å². The van der Waals surface area contributed by atoms with Gasteiger partial charge in [-0.25, -0.2) is 4.79 Å². The van der Waals surface area contributed by atoms with E-state index in [-0.39, 0.29) is 5.69 Å². The molecule has 0 spiro atoms. The lowest BCUT2D eigenvalue weighted by molar-refractivity contribution is 0.511. The number of rotatable bonds is 5. The van der Waals surface area contributed by atoms with E-state index in [9.17, 15) is 4.79 Å². The normalized spacial score (nSPS) is 11.1. The molecule has 90 valence electrons. The van der Waals surface area contributed by atoms with Crippen LogP contribution >= 0.6 is 0 Å². The Balaban J connectivity index is 2.57. The van der Waals surface area contributed by atoms with Crippen molar-refractivity contribution in [2.45, 2.75) is 34.2 Å². The molecular formula is C12H21N3O. The van der Waals surface area contributed by atoms with Crippen molar-refractivity contribution in [2.75, 3.05) is 13.1 Å². The Morgan fingerprint density at radius 2 is 2.12 bits per heavy atom. The topological polar surface area (TPSA) is 46.9 Å². The minimum Gasteiger partial charge on any atom is -0.315 e. The van der Waals surface area contributed by atoms with Gasteiger partial charge in [-0.05, 0) is 32.4 Å². The number of aryl methyl sites for hydroxylation is 2. The number of aromatic nitrogens is 2. The summed E-state index contributed by atoms with van der Waals surface area (Å²) in [7, 11) is 0. The zero-order valence-electron chi connectivity index (χ0n) is 10.6. The molecule has 0 fully saturated rings. The quantitative estimate of drug-likeness (QED) is 0.761. The van der Waals surface area contributed by atoms with Gasteiger partial charge in [-0.2, -0.15) is 4.98 Å². The molecule has 0 aliphatic heterocycles. The van der Waals surface area contributed by atoms with Crippen LogP contribution in [0.2, 0.25) is 0 Å². The summed E-state index contributed by atoms with van der Waals surface area (Å²) in [6, 6.07) is 1.93. The summed E-state index contributed by atoms with van der Waals surface area (Å²) in [5.74, 6) is 0.633. The third-order valence-electron chi connectivity index (χ3n) is 2.41. The van der Waals surface area contributed by atoms with E-state index in [1.165, 1.54) is 0 Å². The highest BCUT2D eigenvalue weighted by Crippen LogP contribution is 1.96. The van der Waals surface area contributed by atoms with Crippen molar-refractivity contribution in [1.29, 1.82) is 0 Å². The third kappa shape index (κ3) is 3.77. The Labute approximate surface area is 96.7 Å². The van der Waals surface area contributed by atoms with Crippen LogP contribution in [0.1, 0.15) is 25.2 Å².